The monoisotopic (exact) mass is 365 g/mol. The Bertz CT molecular complexity index is 932. The van der Waals surface area contributed by atoms with E-state index in [-0.39, 0.29) is 12.8 Å². The van der Waals surface area contributed by atoms with Crippen LogP contribution in [0.15, 0.2) is 54.9 Å². The molecule has 1 saturated carbocycles. The second kappa shape index (κ2) is 6.85. The van der Waals surface area contributed by atoms with E-state index in [1.165, 1.54) is 0 Å². The average Bonchev–Trinajstić information content (AvgIpc) is 3.19. The molecule has 0 unspecified atom stereocenters. The highest BCUT2D eigenvalue weighted by Crippen LogP contribution is 2.45. The quantitative estimate of drug-likeness (QED) is 0.620. The molecule has 0 radical (unpaired) electrons. The van der Waals surface area contributed by atoms with Crippen LogP contribution in [0.25, 0.3) is 11.4 Å². The maximum atomic E-state index is 11.0. The molecule has 2 aromatic heterocycles. The summed E-state index contributed by atoms with van der Waals surface area (Å²) in [5.74, 6) is -0.698. The van der Waals surface area contributed by atoms with Gasteiger partial charge in [-0.15, -0.1) is 0 Å². The van der Waals surface area contributed by atoms with Crippen molar-refractivity contribution in [3.05, 3.63) is 66.0 Å². The maximum absolute atomic E-state index is 11.0. The first-order valence-corrected chi connectivity index (χ1v) is 8.67. The number of hydrogen-bond donors (Lipinski definition) is 3. The third kappa shape index (κ3) is 3.54. The Morgan fingerprint density at radius 1 is 1.26 bits per heavy atom. The van der Waals surface area contributed by atoms with Crippen molar-refractivity contribution in [1.29, 1.82) is 0 Å². The Morgan fingerprint density at radius 2 is 2.11 bits per heavy atom. The van der Waals surface area contributed by atoms with Crippen LogP contribution in [0.3, 0.4) is 0 Å². The highest BCUT2D eigenvalue weighted by atomic mass is 16.5. The van der Waals surface area contributed by atoms with Gasteiger partial charge in [-0.1, -0.05) is 18.2 Å². The zero-order valence-electron chi connectivity index (χ0n) is 14.5. The number of aromatic nitrogens is 3. The molecule has 2 heterocycles. The lowest BCUT2D eigenvalue weighted by molar-refractivity contribution is -0.159. The van der Waals surface area contributed by atoms with Gasteiger partial charge >= 0.3 is 5.97 Å². The summed E-state index contributed by atoms with van der Waals surface area (Å²) in [4.78, 5) is 15.3. The molecule has 7 heteroatoms. The van der Waals surface area contributed by atoms with Crippen molar-refractivity contribution in [2.45, 2.75) is 25.0 Å². The number of carboxylic acids is 1. The van der Waals surface area contributed by atoms with Crippen LogP contribution in [0.1, 0.15) is 24.0 Å². The van der Waals surface area contributed by atoms with Crippen LogP contribution in [-0.4, -0.2) is 31.4 Å². The molecule has 1 aliphatic carbocycles. The van der Waals surface area contributed by atoms with Crippen LogP contribution >= 0.6 is 0 Å². The second-order valence-corrected chi connectivity index (χ2v) is 6.81. The molecule has 0 aliphatic heterocycles. The van der Waals surface area contributed by atoms with Crippen molar-refractivity contribution in [2.75, 3.05) is 0 Å². The molecule has 4 rings (SSSR count). The molecule has 0 saturated heterocycles. The van der Waals surface area contributed by atoms with Gasteiger partial charge in [0.15, 0.2) is 0 Å². The molecule has 0 amide bonds. The fourth-order valence-electron chi connectivity index (χ4n) is 3.31. The standard InChI is InChI=1S/C20H19N3O4/c24-19(25)14-9-20(26,10-14)15-3-1-2-13(8-15)12-27-16-4-5-17(21-11-16)18-6-7-22-23-18/h1-8,11,14,26H,9-10,12H2,(H,22,23)(H,24,25)/t14-,20+. The van der Waals surface area contributed by atoms with Gasteiger partial charge in [-0.05, 0) is 48.2 Å². The number of aliphatic carboxylic acids is 1. The number of hydrogen-bond acceptors (Lipinski definition) is 5. The lowest BCUT2D eigenvalue weighted by Crippen LogP contribution is -2.44. The van der Waals surface area contributed by atoms with Gasteiger partial charge in [0.25, 0.3) is 0 Å². The molecule has 0 atom stereocenters. The summed E-state index contributed by atoms with van der Waals surface area (Å²) in [5.41, 5.74) is 2.18. The van der Waals surface area contributed by atoms with Crippen molar-refractivity contribution >= 4 is 5.97 Å². The number of rotatable bonds is 6. The minimum Gasteiger partial charge on any atom is -0.487 e. The third-order valence-electron chi connectivity index (χ3n) is 4.90. The van der Waals surface area contributed by atoms with E-state index in [9.17, 15) is 9.90 Å². The first-order chi connectivity index (χ1) is 13.0. The molecule has 7 nitrogen and oxygen atoms in total. The van der Waals surface area contributed by atoms with Gasteiger partial charge in [-0.3, -0.25) is 14.9 Å². The number of aromatic amines is 1. The predicted molar refractivity (Wildman–Crippen MR) is 96.8 cm³/mol. The van der Waals surface area contributed by atoms with Gasteiger partial charge in [-0.25, -0.2) is 0 Å². The number of benzene rings is 1. The zero-order valence-corrected chi connectivity index (χ0v) is 14.5. The molecule has 1 aromatic carbocycles. The number of aliphatic hydroxyl groups is 1. The maximum Gasteiger partial charge on any atom is 0.306 e. The minimum absolute atomic E-state index is 0.242. The topological polar surface area (TPSA) is 108 Å². The van der Waals surface area contributed by atoms with Crippen LogP contribution < -0.4 is 4.74 Å². The van der Waals surface area contributed by atoms with Gasteiger partial charge in [-0.2, -0.15) is 5.10 Å². The van der Waals surface area contributed by atoms with Crippen LogP contribution in [0.4, 0.5) is 0 Å². The van der Waals surface area contributed by atoms with Crippen molar-refractivity contribution < 1.29 is 19.7 Å². The summed E-state index contributed by atoms with van der Waals surface area (Å²) in [6.07, 6.45) is 3.80. The van der Waals surface area contributed by atoms with Crippen LogP contribution in [0.5, 0.6) is 5.75 Å². The van der Waals surface area contributed by atoms with E-state index in [1.54, 1.807) is 12.4 Å². The minimum atomic E-state index is -1.06. The summed E-state index contributed by atoms with van der Waals surface area (Å²) in [6, 6.07) is 13.0. The normalized spacial score (nSPS) is 21.4. The highest BCUT2D eigenvalue weighted by Gasteiger charge is 2.47. The second-order valence-electron chi connectivity index (χ2n) is 6.81. The van der Waals surface area contributed by atoms with E-state index in [0.29, 0.717) is 12.4 Å². The van der Waals surface area contributed by atoms with Crippen LogP contribution in [0, 0.1) is 5.92 Å². The number of ether oxygens (including phenoxy) is 1. The Balaban J connectivity index is 1.40. The Labute approximate surface area is 155 Å². The van der Waals surface area contributed by atoms with Crippen LogP contribution in [-0.2, 0) is 17.0 Å². The number of carbonyl (C=O) groups is 1. The third-order valence-corrected chi connectivity index (χ3v) is 4.90. The average molecular weight is 365 g/mol. The molecule has 0 spiro atoms. The van der Waals surface area contributed by atoms with E-state index >= 15 is 0 Å². The van der Waals surface area contributed by atoms with Gasteiger partial charge in [0.2, 0.25) is 0 Å². The van der Waals surface area contributed by atoms with E-state index in [2.05, 4.69) is 15.2 Å². The van der Waals surface area contributed by atoms with E-state index < -0.39 is 17.5 Å². The lowest BCUT2D eigenvalue weighted by atomic mass is 9.67. The summed E-state index contributed by atoms with van der Waals surface area (Å²) < 4.78 is 5.78. The van der Waals surface area contributed by atoms with Gasteiger partial charge in [0.05, 0.1) is 29.1 Å². The molecule has 1 fully saturated rings. The highest BCUT2D eigenvalue weighted by molar-refractivity contribution is 5.72. The van der Waals surface area contributed by atoms with Gasteiger partial charge in [0.1, 0.15) is 12.4 Å². The Morgan fingerprint density at radius 3 is 2.78 bits per heavy atom. The van der Waals surface area contributed by atoms with Crippen molar-refractivity contribution in [3.8, 4) is 17.1 Å². The summed E-state index contributed by atoms with van der Waals surface area (Å²) in [7, 11) is 0. The summed E-state index contributed by atoms with van der Waals surface area (Å²) >= 11 is 0. The predicted octanol–water partition coefficient (Wildman–Crippen LogP) is 2.73. The number of pyridine rings is 1. The number of H-pyrrole nitrogens is 1. The zero-order chi connectivity index (χ0) is 18.9. The molecular formula is C20H19N3O4. The van der Waals surface area contributed by atoms with E-state index in [4.69, 9.17) is 9.84 Å². The molecule has 3 N–H and O–H groups in total. The molecular weight excluding hydrogens is 346 g/mol. The summed E-state index contributed by atoms with van der Waals surface area (Å²) in [5, 5.41) is 26.4. The number of nitrogens with zero attached hydrogens (tertiary/aromatic N) is 2. The first-order valence-electron chi connectivity index (χ1n) is 8.67. The smallest absolute Gasteiger partial charge is 0.306 e. The largest absolute Gasteiger partial charge is 0.487 e. The fraction of sp³-hybridized carbons (Fsp3) is 0.250. The molecule has 3 aromatic rings. The van der Waals surface area contributed by atoms with E-state index in [0.717, 1.165) is 22.5 Å². The molecule has 138 valence electrons. The molecule has 1 aliphatic rings. The Kier molecular flexibility index (Phi) is 4.37. The fourth-order valence-corrected chi connectivity index (χ4v) is 3.31. The summed E-state index contributed by atoms with van der Waals surface area (Å²) in [6.45, 7) is 0.331. The SMILES string of the molecule is O=C(O)[C@H]1C[C@](O)(c2cccc(COc3ccc(-c4ccn[nH]4)nc3)c2)C1. The number of carboxylic acid groups (broad SMARTS) is 1. The van der Waals surface area contributed by atoms with Crippen molar-refractivity contribution in [3.63, 3.8) is 0 Å². The van der Waals surface area contributed by atoms with Gasteiger partial charge < -0.3 is 14.9 Å². The van der Waals surface area contributed by atoms with Crippen molar-refractivity contribution in [2.24, 2.45) is 5.92 Å². The molecule has 27 heavy (non-hydrogen) atoms. The number of nitrogens with one attached hydrogen (secondary N) is 1. The van der Waals surface area contributed by atoms with E-state index in [1.807, 2.05) is 42.5 Å². The molecule has 0 bridgehead atoms. The first kappa shape index (κ1) is 17.2. The lowest BCUT2D eigenvalue weighted by Gasteiger charge is -2.42. The Hall–Kier alpha value is -3.19. The van der Waals surface area contributed by atoms with Crippen LogP contribution in [0.2, 0.25) is 0 Å². The van der Waals surface area contributed by atoms with Gasteiger partial charge in [0, 0.05) is 6.20 Å². The van der Waals surface area contributed by atoms with Crippen molar-refractivity contribution in [1.82, 2.24) is 15.2 Å².